The van der Waals surface area contributed by atoms with Crippen molar-refractivity contribution >= 4 is 35.4 Å². The lowest BCUT2D eigenvalue weighted by molar-refractivity contribution is 0.104. The van der Waals surface area contributed by atoms with Crippen molar-refractivity contribution in [2.75, 3.05) is 7.11 Å². The molecule has 38 heavy (non-hydrogen) atoms. The van der Waals surface area contributed by atoms with Crippen LogP contribution in [0.4, 0.5) is 0 Å². The molecule has 6 heteroatoms. The van der Waals surface area contributed by atoms with E-state index in [0.29, 0.717) is 10.2 Å². The molecule has 0 radical (unpaired) electrons. The first-order valence-electron chi connectivity index (χ1n) is 11.8. The van der Waals surface area contributed by atoms with Crippen LogP contribution in [-0.2, 0) is 0 Å². The highest BCUT2D eigenvalue weighted by Gasteiger charge is 2.11. The van der Waals surface area contributed by atoms with Gasteiger partial charge < -0.3 is 9.72 Å². The molecule has 0 spiro atoms. The average molecular weight is 533 g/mol. The quantitative estimate of drug-likeness (QED) is 0.135. The van der Waals surface area contributed by atoms with Gasteiger partial charge in [0.05, 0.1) is 23.2 Å². The number of allylic oxidation sites excluding steroid dienone is 1. The Morgan fingerprint density at radius 1 is 0.947 bits per heavy atom. The molecule has 0 fully saturated rings. The minimum absolute atomic E-state index is 0.0319. The number of nitrogens with one attached hydrogen (secondary N) is 1. The molecule has 186 valence electrons. The van der Waals surface area contributed by atoms with E-state index < -0.39 is 0 Å². The van der Waals surface area contributed by atoms with Gasteiger partial charge >= 0.3 is 0 Å². The number of nitrogens with zero attached hydrogens (tertiary/aromatic N) is 1. The van der Waals surface area contributed by atoms with Crippen LogP contribution in [0.15, 0.2) is 115 Å². The number of aromatic nitrogens is 1. The lowest BCUT2D eigenvalue weighted by Gasteiger charge is -2.09. The van der Waals surface area contributed by atoms with E-state index in [1.165, 1.54) is 0 Å². The Morgan fingerprint density at radius 3 is 2.24 bits per heavy atom. The summed E-state index contributed by atoms with van der Waals surface area (Å²) in [7, 11) is 1.63. The number of rotatable bonds is 6. The minimum Gasteiger partial charge on any atom is -0.497 e. The molecule has 0 aliphatic rings. The van der Waals surface area contributed by atoms with E-state index in [-0.39, 0.29) is 5.78 Å². The van der Waals surface area contributed by atoms with Gasteiger partial charge in [0.2, 0.25) is 0 Å². The maximum atomic E-state index is 11.7. The summed E-state index contributed by atoms with van der Waals surface area (Å²) >= 11 is 6.98. The van der Waals surface area contributed by atoms with E-state index in [2.05, 4.69) is 11.1 Å². The molecule has 4 nitrogen and oxygen atoms in total. The van der Waals surface area contributed by atoms with Gasteiger partial charge in [0.1, 0.15) is 16.5 Å². The van der Waals surface area contributed by atoms with E-state index in [1.54, 1.807) is 24.5 Å². The SMILES string of the molecule is COc1ccc(-c2cc(-c3cccs3)[nH]c(=S)c2C#N)cc1.O=C(C=Cc1ccccc1)c1ccccc1. The van der Waals surface area contributed by atoms with E-state index in [1.807, 2.05) is 115 Å². The molecule has 0 unspecified atom stereocenters. The Balaban J connectivity index is 0.000000186. The van der Waals surface area contributed by atoms with Gasteiger partial charge in [-0.3, -0.25) is 4.79 Å². The zero-order valence-corrected chi connectivity index (χ0v) is 22.3. The number of pyridine rings is 1. The third-order valence-corrected chi connectivity index (χ3v) is 6.83. The van der Waals surface area contributed by atoms with Gasteiger partial charge in [-0.2, -0.15) is 5.26 Å². The lowest BCUT2D eigenvalue weighted by Crippen LogP contribution is -1.92. The number of aromatic amines is 1. The Labute approximate surface area is 231 Å². The highest BCUT2D eigenvalue weighted by Crippen LogP contribution is 2.31. The number of H-pyrrole nitrogens is 1. The van der Waals surface area contributed by atoms with Gasteiger partial charge in [0.15, 0.2) is 5.78 Å². The molecule has 2 aromatic heterocycles. The summed E-state index contributed by atoms with van der Waals surface area (Å²) in [4.78, 5) is 16.0. The maximum absolute atomic E-state index is 11.7. The second-order valence-electron chi connectivity index (χ2n) is 8.09. The number of carbonyl (C=O) groups excluding carboxylic acids is 1. The van der Waals surface area contributed by atoms with Crippen molar-refractivity contribution in [3.05, 3.63) is 136 Å². The molecule has 5 aromatic rings. The molecule has 3 aromatic carbocycles. The first kappa shape index (κ1) is 26.5. The van der Waals surface area contributed by atoms with Crippen molar-refractivity contribution in [2.45, 2.75) is 0 Å². The third-order valence-electron chi connectivity index (χ3n) is 5.62. The van der Waals surface area contributed by atoms with Crippen LogP contribution in [-0.4, -0.2) is 17.9 Å². The highest BCUT2D eigenvalue weighted by atomic mass is 32.1. The molecule has 0 saturated heterocycles. The lowest BCUT2D eigenvalue weighted by atomic mass is 10.0. The Morgan fingerprint density at radius 2 is 1.63 bits per heavy atom. The molecule has 0 aliphatic heterocycles. The predicted octanol–water partition coefficient (Wildman–Crippen LogP) is 8.60. The van der Waals surface area contributed by atoms with E-state index in [9.17, 15) is 10.1 Å². The van der Waals surface area contributed by atoms with Crippen LogP contribution < -0.4 is 4.74 Å². The van der Waals surface area contributed by atoms with E-state index in [4.69, 9.17) is 17.0 Å². The standard InChI is InChI=1S/C17H12N2OS2.C15H12O/c1-20-12-6-4-11(5-7-12)13-9-15(16-3-2-8-22-16)19-17(21)14(13)10-18;16-15(14-9-5-2-6-10-14)12-11-13-7-3-1-4-8-13/h2-9H,1H3,(H,19,21);1-12H. The van der Waals surface area contributed by atoms with Crippen LogP contribution in [0.2, 0.25) is 0 Å². The Bertz CT molecular complexity index is 1620. The first-order valence-corrected chi connectivity index (χ1v) is 13.1. The number of hydrogen-bond donors (Lipinski definition) is 1. The summed E-state index contributed by atoms with van der Waals surface area (Å²) in [6, 6.07) is 34.9. The number of benzene rings is 3. The fourth-order valence-electron chi connectivity index (χ4n) is 3.67. The Kier molecular flexibility index (Phi) is 9.14. The van der Waals surface area contributed by atoms with Crippen LogP contribution >= 0.6 is 23.6 Å². The molecule has 0 bridgehead atoms. The van der Waals surface area contributed by atoms with Crippen molar-refractivity contribution in [3.8, 4) is 33.5 Å². The number of hydrogen-bond acceptors (Lipinski definition) is 5. The minimum atomic E-state index is 0.0319. The van der Waals surface area contributed by atoms with Crippen LogP contribution in [0.1, 0.15) is 21.5 Å². The fourth-order valence-corrected chi connectivity index (χ4v) is 4.63. The number of thiophene rings is 1. The predicted molar refractivity (Wildman–Crippen MR) is 158 cm³/mol. The van der Waals surface area contributed by atoms with Crippen molar-refractivity contribution in [3.63, 3.8) is 0 Å². The number of methoxy groups -OCH3 is 1. The van der Waals surface area contributed by atoms with Crippen LogP contribution in [0, 0.1) is 16.0 Å². The summed E-state index contributed by atoms with van der Waals surface area (Å²) in [5.41, 5.74) is 4.93. The monoisotopic (exact) mass is 532 g/mol. The molecule has 0 amide bonds. The molecule has 5 rings (SSSR count). The number of nitriles is 1. The number of ketones is 1. The van der Waals surface area contributed by atoms with Gasteiger partial charge in [-0.15, -0.1) is 11.3 Å². The summed E-state index contributed by atoms with van der Waals surface area (Å²) < 4.78 is 5.64. The van der Waals surface area contributed by atoms with Crippen molar-refractivity contribution in [1.29, 1.82) is 5.26 Å². The van der Waals surface area contributed by atoms with Crippen LogP contribution in [0.25, 0.3) is 27.8 Å². The van der Waals surface area contributed by atoms with Crippen LogP contribution in [0.5, 0.6) is 5.75 Å². The normalized spacial score (nSPS) is 10.3. The second kappa shape index (κ2) is 13.1. The summed E-state index contributed by atoms with van der Waals surface area (Å²) in [5.74, 6) is 0.811. The molecule has 0 aliphatic carbocycles. The summed E-state index contributed by atoms with van der Waals surface area (Å²) in [6.07, 6.45) is 3.43. The molecule has 0 saturated carbocycles. The van der Waals surface area contributed by atoms with Crippen molar-refractivity contribution in [1.82, 2.24) is 4.98 Å². The van der Waals surface area contributed by atoms with Gasteiger partial charge in [-0.05, 0) is 46.8 Å². The van der Waals surface area contributed by atoms with Gasteiger partial charge in [0, 0.05) is 11.1 Å². The molecular formula is C32H24N2O2S2. The average Bonchev–Trinajstić information content (AvgIpc) is 3.52. The molecular weight excluding hydrogens is 508 g/mol. The smallest absolute Gasteiger partial charge is 0.185 e. The molecule has 0 atom stereocenters. The van der Waals surface area contributed by atoms with Gasteiger partial charge in [0.25, 0.3) is 0 Å². The zero-order chi connectivity index (χ0) is 26.7. The number of carbonyl (C=O) groups is 1. The molecule has 2 heterocycles. The maximum Gasteiger partial charge on any atom is 0.185 e. The van der Waals surface area contributed by atoms with Gasteiger partial charge in [-0.25, -0.2) is 0 Å². The van der Waals surface area contributed by atoms with Crippen molar-refractivity contribution < 1.29 is 9.53 Å². The first-order chi connectivity index (χ1) is 18.6. The highest BCUT2D eigenvalue weighted by molar-refractivity contribution is 7.71. The summed E-state index contributed by atoms with van der Waals surface area (Å²) in [6.45, 7) is 0. The van der Waals surface area contributed by atoms with E-state index in [0.717, 1.165) is 38.6 Å². The summed E-state index contributed by atoms with van der Waals surface area (Å²) in [5, 5.41) is 11.4. The van der Waals surface area contributed by atoms with Crippen molar-refractivity contribution in [2.24, 2.45) is 0 Å². The zero-order valence-electron chi connectivity index (χ0n) is 20.6. The second-order valence-corrected chi connectivity index (χ2v) is 9.45. The topological polar surface area (TPSA) is 65.9 Å². The van der Waals surface area contributed by atoms with E-state index >= 15 is 0 Å². The third kappa shape index (κ3) is 6.80. The van der Waals surface area contributed by atoms with Gasteiger partial charge in [-0.1, -0.05) is 97.2 Å². The Hall–Kier alpha value is -4.57. The van der Waals surface area contributed by atoms with Crippen LogP contribution in [0.3, 0.4) is 0 Å². The number of ether oxygens (including phenoxy) is 1. The largest absolute Gasteiger partial charge is 0.497 e. The fraction of sp³-hybridized carbons (Fsp3) is 0.0312. The molecule has 1 N–H and O–H groups in total.